The second-order valence-corrected chi connectivity index (χ2v) is 6.96. The molecule has 0 aliphatic heterocycles. The van der Waals surface area contributed by atoms with Gasteiger partial charge in [0.05, 0.1) is 6.61 Å². The highest BCUT2D eigenvalue weighted by Gasteiger charge is 2.10. The van der Waals surface area contributed by atoms with Gasteiger partial charge in [0, 0.05) is 34.9 Å². The molecular formula is C19H20BrN3O3S. The van der Waals surface area contributed by atoms with Crippen molar-refractivity contribution in [2.45, 2.75) is 6.92 Å². The molecule has 0 saturated heterocycles. The lowest BCUT2D eigenvalue weighted by Crippen LogP contribution is -2.34. The molecule has 2 aromatic carbocycles. The molecule has 142 valence electrons. The molecule has 27 heavy (non-hydrogen) atoms. The third kappa shape index (κ3) is 6.42. The van der Waals surface area contributed by atoms with Crippen molar-refractivity contribution in [1.29, 1.82) is 0 Å². The van der Waals surface area contributed by atoms with Gasteiger partial charge in [0.1, 0.15) is 0 Å². The minimum absolute atomic E-state index is 0.175. The van der Waals surface area contributed by atoms with Crippen LogP contribution < -0.4 is 16.0 Å². The molecule has 2 rings (SSSR count). The van der Waals surface area contributed by atoms with E-state index in [1.807, 2.05) is 13.0 Å². The number of benzene rings is 2. The largest absolute Gasteiger partial charge is 0.383 e. The molecule has 0 aromatic heterocycles. The number of hydrogen-bond donors (Lipinski definition) is 3. The normalized spacial score (nSPS) is 10.2. The number of nitrogens with one attached hydrogen (secondary N) is 3. The molecule has 0 bridgehead atoms. The molecule has 0 fully saturated rings. The van der Waals surface area contributed by atoms with Gasteiger partial charge in [-0.25, -0.2) is 0 Å². The number of anilines is 1. The minimum Gasteiger partial charge on any atom is -0.383 e. The Balaban J connectivity index is 1.90. The number of halogens is 1. The zero-order valence-electron chi connectivity index (χ0n) is 15.0. The van der Waals surface area contributed by atoms with Gasteiger partial charge >= 0.3 is 0 Å². The zero-order chi connectivity index (χ0) is 19.8. The number of thiocarbonyl (C=S) groups is 1. The van der Waals surface area contributed by atoms with Gasteiger partial charge in [0.25, 0.3) is 11.8 Å². The Labute approximate surface area is 171 Å². The quantitative estimate of drug-likeness (QED) is 0.465. The maximum Gasteiger partial charge on any atom is 0.257 e. The Morgan fingerprint density at radius 1 is 1.07 bits per heavy atom. The van der Waals surface area contributed by atoms with Gasteiger partial charge in [0.15, 0.2) is 5.11 Å². The van der Waals surface area contributed by atoms with E-state index in [-0.39, 0.29) is 16.9 Å². The summed E-state index contributed by atoms with van der Waals surface area (Å²) in [6.45, 7) is 2.84. The summed E-state index contributed by atoms with van der Waals surface area (Å²) in [5, 5.41) is 8.47. The number of carbonyl (C=O) groups is 2. The first kappa shape index (κ1) is 21.0. The lowest BCUT2D eigenvalue weighted by Gasteiger charge is -2.11. The molecule has 0 radical (unpaired) electrons. The van der Waals surface area contributed by atoms with E-state index in [9.17, 15) is 9.59 Å². The minimum atomic E-state index is -0.303. The summed E-state index contributed by atoms with van der Waals surface area (Å²) in [7, 11) is 1.58. The van der Waals surface area contributed by atoms with Crippen molar-refractivity contribution in [2.75, 3.05) is 25.6 Å². The Morgan fingerprint density at radius 2 is 1.74 bits per heavy atom. The summed E-state index contributed by atoms with van der Waals surface area (Å²) in [6.07, 6.45) is 0. The van der Waals surface area contributed by atoms with Crippen molar-refractivity contribution in [3.05, 3.63) is 63.6 Å². The van der Waals surface area contributed by atoms with Crippen LogP contribution in [0.3, 0.4) is 0 Å². The van der Waals surface area contributed by atoms with E-state index in [1.54, 1.807) is 43.5 Å². The van der Waals surface area contributed by atoms with Gasteiger partial charge in [-0.1, -0.05) is 22.0 Å². The summed E-state index contributed by atoms with van der Waals surface area (Å²) in [5.41, 5.74) is 2.73. The second-order valence-electron chi connectivity index (χ2n) is 5.70. The molecule has 0 heterocycles. The topological polar surface area (TPSA) is 79.5 Å². The molecule has 6 nitrogen and oxygen atoms in total. The third-order valence-electron chi connectivity index (χ3n) is 3.66. The van der Waals surface area contributed by atoms with Crippen molar-refractivity contribution in [1.82, 2.24) is 10.6 Å². The Bertz CT molecular complexity index is 841. The molecule has 0 saturated carbocycles. The fourth-order valence-corrected chi connectivity index (χ4v) is 2.73. The smallest absolute Gasteiger partial charge is 0.257 e. The maximum atomic E-state index is 12.3. The number of ether oxygens (including phenoxy) is 1. The number of amides is 2. The molecule has 8 heteroatoms. The zero-order valence-corrected chi connectivity index (χ0v) is 17.4. The predicted molar refractivity (Wildman–Crippen MR) is 113 cm³/mol. The summed E-state index contributed by atoms with van der Waals surface area (Å²) >= 11 is 8.58. The number of aryl methyl sites for hydroxylation is 1. The number of hydrogen-bond acceptors (Lipinski definition) is 4. The van der Waals surface area contributed by atoms with E-state index >= 15 is 0 Å². The highest BCUT2D eigenvalue weighted by molar-refractivity contribution is 9.10. The van der Waals surface area contributed by atoms with Gasteiger partial charge in [0.2, 0.25) is 0 Å². The van der Waals surface area contributed by atoms with Crippen LogP contribution in [0.2, 0.25) is 0 Å². The molecule has 2 amide bonds. The Kier molecular flexibility index (Phi) is 7.90. The average molecular weight is 450 g/mol. The first-order valence-electron chi connectivity index (χ1n) is 8.16. The van der Waals surface area contributed by atoms with Crippen LogP contribution in [0.1, 0.15) is 26.3 Å². The summed E-state index contributed by atoms with van der Waals surface area (Å²) in [4.78, 5) is 24.2. The molecule has 0 atom stereocenters. The molecule has 0 aliphatic rings. The van der Waals surface area contributed by atoms with Crippen molar-refractivity contribution >= 4 is 50.8 Å². The van der Waals surface area contributed by atoms with Crippen LogP contribution in [-0.4, -0.2) is 37.2 Å². The molecule has 3 N–H and O–H groups in total. The van der Waals surface area contributed by atoms with Gasteiger partial charge in [-0.2, -0.15) is 0 Å². The molecule has 2 aromatic rings. The summed E-state index contributed by atoms with van der Waals surface area (Å²) < 4.78 is 5.75. The van der Waals surface area contributed by atoms with E-state index in [2.05, 4.69) is 31.9 Å². The van der Waals surface area contributed by atoms with Crippen LogP contribution >= 0.6 is 28.1 Å². The summed E-state index contributed by atoms with van der Waals surface area (Å²) in [6, 6.07) is 12.1. The van der Waals surface area contributed by atoms with Gasteiger partial charge in [-0.3, -0.25) is 14.9 Å². The predicted octanol–water partition coefficient (Wildman–Crippen LogP) is 3.26. The fourth-order valence-electron chi connectivity index (χ4n) is 2.15. The second kappa shape index (κ2) is 10.1. The standard InChI is InChI=1S/C19H20BrN3O3S/c1-12-3-4-14(11-16(12)20)18(25)23-19(27)22-15-7-5-13(6-8-15)17(24)21-9-10-26-2/h3-8,11H,9-10H2,1-2H3,(H,21,24)(H2,22,23,25,27). The third-order valence-corrected chi connectivity index (χ3v) is 4.72. The van der Waals surface area contributed by atoms with Crippen molar-refractivity contribution in [3.63, 3.8) is 0 Å². The van der Waals surface area contributed by atoms with Gasteiger partial charge < -0.3 is 15.4 Å². The van der Waals surface area contributed by atoms with Gasteiger partial charge in [-0.05, 0) is 61.1 Å². The fraction of sp³-hybridized carbons (Fsp3) is 0.211. The van der Waals surface area contributed by atoms with E-state index in [0.717, 1.165) is 10.0 Å². The van der Waals surface area contributed by atoms with Crippen molar-refractivity contribution in [3.8, 4) is 0 Å². The molecule has 0 spiro atoms. The van der Waals surface area contributed by atoms with Crippen LogP contribution in [0, 0.1) is 6.92 Å². The first-order chi connectivity index (χ1) is 12.9. The maximum absolute atomic E-state index is 12.3. The number of carbonyl (C=O) groups excluding carboxylic acids is 2. The van der Waals surface area contributed by atoms with Crippen LogP contribution in [-0.2, 0) is 4.74 Å². The summed E-state index contributed by atoms with van der Waals surface area (Å²) in [5.74, 6) is -0.484. The SMILES string of the molecule is COCCNC(=O)c1ccc(NC(=S)NC(=O)c2ccc(C)c(Br)c2)cc1. The van der Waals surface area contributed by atoms with E-state index < -0.39 is 0 Å². The van der Waals surface area contributed by atoms with Crippen molar-refractivity contribution < 1.29 is 14.3 Å². The highest BCUT2D eigenvalue weighted by Crippen LogP contribution is 2.17. The van der Waals surface area contributed by atoms with E-state index in [4.69, 9.17) is 17.0 Å². The molecular weight excluding hydrogens is 430 g/mol. The van der Waals surface area contributed by atoms with E-state index in [1.165, 1.54) is 0 Å². The Hall–Kier alpha value is -2.29. The van der Waals surface area contributed by atoms with E-state index in [0.29, 0.717) is 30.0 Å². The van der Waals surface area contributed by atoms with Gasteiger partial charge in [-0.15, -0.1) is 0 Å². The highest BCUT2D eigenvalue weighted by atomic mass is 79.9. The van der Waals surface area contributed by atoms with Crippen molar-refractivity contribution in [2.24, 2.45) is 0 Å². The van der Waals surface area contributed by atoms with Crippen LogP contribution in [0.25, 0.3) is 0 Å². The number of methoxy groups -OCH3 is 1. The molecule has 0 aliphatic carbocycles. The lowest BCUT2D eigenvalue weighted by atomic mass is 10.1. The average Bonchev–Trinajstić information content (AvgIpc) is 2.64. The van der Waals surface area contributed by atoms with Crippen LogP contribution in [0.15, 0.2) is 46.9 Å². The Morgan fingerprint density at radius 3 is 2.37 bits per heavy atom. The monoisotopic (exact) mass is 449 g/mol. The van der Waals surface area contributed by atoms with Crippen LogP contribution in [0.4, 0.5) is 5.69 Å². The first-order valence-corrected chi connectivity index (χ1v) is 9.36. The number of rotatable bonds is 6. The molecule has 0 unspecified atom stereocenters. The lowest BCUT2D eigenvalue weighted by molar-refractivity contribution is 0.0935. The van der Waals surface area contributed by atoms with Crippen LogP contribution in [0.5, 0.6) is 0 Å².